The molecule has 2 heterocycles. The highest BCUT2D eigenvalue weighted by Gasteiger charge is 2.45. The Bertz CT molecular complexity index is 1000. The molecule has 2 aromatic rings. The average Bonchev–Trinajstić information content (AvgIpc) is 3.06. The highest BCUT2D eigenvalue weighted by Crippen LogP contribution is 2.43. The number of oxime groups is 1. The van der Waals surface area contributed by atoms with Crippen LogP contribution in [0.5, 0.6) is 0 Å². The summed E-state index contributed by atoms with van der Waals surface area (Å²) in [5.74, 6) is -4.06. The first-order valence-electron chi connectivity index (χ1n) is 8.67. The van der Waals surface area contributed by atoms with E-state index in [4.69, 9.17) is 10.5 Å². The van der Waals surface area contributed by atoms with Crippen molar-refractivity contribution in [1.29, 1.82) is 5.26 Å². The summed E-state index contributed by atoms with van der Waals surface area (Å²) in [7, 11) is 0. The van der Waals surface area contributed by atoms with Gasteiger partial charge in [0.15, 0.2) is 5.65 Å². The minimum Gasteiger partial charge on any atom is -0.410 e. The van der Waals surface area contributed by atoms with E-state index in [-0.39, 0.29) is 44.2 Å². The molecule has 10 nitrogen and oxygen atoms in total. The molecule has 0 bridgehead atoms. The van der Waals surface area contributed by atoms with Crippen LogP contribution in [0.2, 0.25) is 0 Å². The maximum atomic E-state index is 12.8. The predicted molar refractivity (Wildman–Crippen MR) is 93.8 cm³/mol. The molecular formula is C17H17F2N7O3. The zero-order valence-electron chi connectivity index (χ0n) is 15.1. The fourth-order valence-electron chi connectivity index (χ4n) is 2.98. The van der Waals surface area contributed by atoms with Crippen molar-refractivity contribution in [2.75, 3.05) is 0 Å². The second-order valence-corrected chi connectivity index (χ2v) is 6.75. The molecule has 12 heteroatoms. The van der Waals surface area contributed by atoms with Crippen molar-refractivity contribution in [3.05, 3.63) is 29.7 Å². The minimum absolute atomic E-state index is 0.0129. The molecule has 0 aromatic carbocycles. The quantitative estimate of drug-likeness (QED) is 0.352. The van der Waals surface area contributed by atoms with Gasteiger partial charge in [-0.1, -0.05) is 5.16 Å². The van der Waals surface area contributed by atoms with Gasteiger partial charge in [-0.05, 0) is 17.5 Å². The van der Waals surface area contributed by atoms with Crippen LogP contribution in [0.25, 0.3) is 5.65 Å². The largest absolute Gasteiger partial charge is 0.410 e. The number of rotatable bonds is 7. The lowest BCUT2D eigenvalue weighted by Crippen LogP contribution is -2.38. The van der Waals surface area contributed by atoms with Gasteiger partial charge < -0.3 is 15.8 Å². The first-order valence-corrected chi connectivity index (χ1v) is 8.67. The minimum atomic E-state index is -2.64. The number of nitrogens with one attached hydrogen (secondary N) is 2. The second-order valence-electron chi connectivity index (χ2n) is 6.75. The predicted octanol–water partition coefficient (Wildman–Crippen LogP) is 0.751. The summed E-state index contributed by atoms with van der Waals surface area (Å²) in [5.41, 5.74) is 0.921. The molecule has 0 unspecified atom stereocenters. The van der Waals surface area contributed by atoms with Crippen molar-refractivity contribution in [3.63, 3.8) is 0 Å². The van der Waals surface area contributed by atoms with E-state index < -0.39 is 17.5 Å². The number of nitriles is 1. The van der Waals surface area contributed by atoms with Crippen LogP contribution in [0.15, 0.2) is 23.6 Å². The average molecular weight is 405 g/mol. The second kappa shape index (κ2) is 8.17. The molecule has 1 aliphatic carbocycles. The van der Waals surface area contributed by atoms with Crippen LogP contribution >= 0.6 is 0 Å². The number of imidazole rings is 1. The maximum absolute atomic E-state index is 12.8. The Balaban J connectivity index is 1.53. The van der Waals surface area contributed by atoms with E-state index in [0.717, 1.165) is 0 Å². The van der Waals surface area contributed by atoms with Crippen LogP contribution in [0.3, 0.4) is 0 Å². The monoisotopic (exact) mass is 405 g/mol. The van der Waals surface area contributed by atoms with Crippen LogP contribution in [-0.2, 0) is 22.7 Å². The van der Waals surface area contributed by atoms with E-state index in [0.29, 0.717) is 16.9 Å². The molecule has 1 aliphatic rings. The third kappa shape index (κ3) is 5.01. The van der Waals surface area contributed by atoms with Crippen LogP contribution < -0.4 is 10.6 Å². The molecule has 0 radical (unpaired) electrons. The number of nitrogens with zero attached hydrogens (tertiary/aromatic N) is 5. The third-order valence-electron chi connectivity index (χ3n) is 4.42. The molecule has 0 aliphatic heterocycles. The number of amides is 2. The number of alkyl halides is 2. The number of carbonyl (C=O) groups excluding carboxylic acids is 2. The van der Waals surface area contributed by atoms with Gasteiger partial charge in [0, 0.05) is 25.8 Å². The van der Waals surface area contributed by atoms with Crippen LogP contribution in [0.1, 0.15) is 30.5 Å². The van der Waals surface area contributed by atoms with E-state index >= 15 is 0 Å². The van der Waals surface area contributed by atoms with Crippen molar-refractivity contribution in [3.8, 4) is 6.07 Å². The summed E-state index contributed by atoms with van der Waals surface area (Å²) in [5, 5.41) is 28.9. The fraction of sp³-hybridized carbons (Fsp3) is 0.412. The molecule has 0 atom stereocenters. The van der Waals surface area contributed by atoms with E-state index in [1.807, 2.05) is 0 Å². The smallest absolute Gasteiger partial charge is 0.284 e. The van der Waals surface area contributed by atoms with E-state index in [1.165, 1.54) is 16.8 Å². The van der Waals surface area contributed by atoms with Crippen molar-refractivity contribution < 1.29 is 23.6 Å². The van der Waals surface area contributed by atoms with Gasteiger partial charge in [0.2, 0.25) is 17.5 Å². The summed E-state index contributed by atoms with van der Waals surface area (Å²) in [4.78, 5) is 27.7. The van der Waals surface area contributed by atoms with Crippen LogP contribution in [-0.4, -0.2) is 43.3 Å². The van der Waals surface area contributed by atoms with E-state index in [2.05, 4.69) is 25.9 Å². The highest BCUT2D eigenvalue weighted by atomic mass is 19.3. The SMILES string of the molecule is N#C/C(=N\O)C(=O)NCc1cn2ncc(CNC(=O)CC3CC(F)(F)C3)cc2n1. The first kappa shape index (κ1) is 20.1. The molecule has 2 amide bonds. The number of halogens is 2. The molecule has 152 valence electrons. The molecule has 3 rings (SSSR count). The fourth-order valence-corrected chi connectivity index (χ4v) is 2.98. The summed E-state index contributed by atoms with van der Waals surface area (Å²) in [6.45, 7) is 0.170. The Morgan fingerprint density at radius 1 is 1.38 bits per heavy atom. The van der Waals surface area contributed by atoms with Crippen LogP contribution in [0.4, 0.5) is 8.78 Å². The summed E-state index contributed by atoms with van der Waals surface area (Å²) in [6.07, 6.45) is 2.67. The Kier molecular flexibility index (Phi) is 5.67. The Hall–Kier alpha value is -3.62. The Labute approximate surface area is 163 Å². The van der Waals surface area contributed by atoms with Gasteiger partial charge in [0.25, 0.3) is 5.91 Å². The van der Waals surface area contributed by atoms with Gasteiger partial charge in [-0.25, -0.2) is 18.3 Å². The normalized spacial score (nSPS) is 16.1. The number of fused-ring (bicyclic) bond motifs is 1. The Morgan fingerprint density at radius 2 is 2.14 bits per heavy atom. The summed E-state index contributed by atoms with van der Waals surface area (Å²) in [6, 6.07) is 3.13. The van der Waals surface area contributed by atoms with Gasteiger partial charge in [0.1, 0.15) is 6.07 Å². The zero-order chi connectivity index (χ0) is 21.0. The lowest BCUT2D eigenvalue weighted by Gasteiger charge is -2.34. The molecule has 1 fully saturated rings. The van der Waals surface area contributed by atoms with Gasteiger partial charge in [-0.2, -0.15) is 10.4 Å². The molecule has 1 saturated carbocycles. The Morgan fingerprint density at radius 3 is 2.79 bits per heavy atom. The number of aromatic nitrogens is 3. The first-order chi connectivity index (χ1) is 13.8. The number of hydrogen-bond donors (Lipinski definition) is 3. The van der Waals surface area contributed by atoms with Gasteiger partial charge in [-0.15, -0.1) is 0 Å². The van der Waals surface area contributed by atoms with Crippen molar-refractivity contribution in [1.82, 2.24) is 25.2 Å². The van der Waals surface area contributed by atoms with Gasteiger partial charge in [0.05, 0.1) is 24.6 Å². The molecule has 3 N–H and O–H groups in total. The van der Waals surface area contributed by atoms with Crippen molar-refractivity contribution >= 4 is 23.2 Å². The van der Waals surface area contributed by atoms with E-state index in [1.54, 1.807) is 12.3 Å². The topological polar surface area (TPSA) is 145 Å². The molecule has 29 heavy (non-hydrogen) atoms. The van der Waals surface area contributed by atoms with Gasteiger partial charge in [-0.3, -0.25) is 9.59 Å². The van der Waals surface area contributed by atoms with Gasteiger partial charge >= 0.3 is 0 Å². The number of carbonyl (C=O) groups is 2. The number of hydrogen-bond acceptors (Lipinski definition) is 7. The standard InChI is InChI=1S/C17H17F2N7O3/c18-17(19)3-10(4-17)2-15(27)21-6-11-1-14-24-12(9-26(14)23-7-11)8-22-16(28)13(5-20)25-29/h1,7,9-10,29H,2-4,6,8H2,(H,21,27)(H,22,28)/b25-13+. The molecular weight excluding hydrogens is 388 g/mol. The van der Waals surface area contributed by atoms with E-state index in [9.17, 15) is 18.4 Å². The highest BCUT2D eigenvalue weighted by molar-refractivity contribution is 6.44. The van der Waals surface area contributed by atoms with Crippen molar-refractivity contribution in [2.24, 2.45) is 11.1 Å². The zero-order valence-corrected chi connectivity index (χ0v) is 15.1. The molecule has 0 saturated heterocycles. The van der Waals surface area contributed by atoms with Crippen molar-refractivity contribution in [2.45, 2.75) is 38.3 Å². The summed E-state index contributed by atoms with van der Waals surface area (Å²) >= 11 is 0. The van der Waals surface area contributed by atoms with Crippen LogP contribution in [0, 0.1) is 17.2 Å². The molecule has 0 spiro atoms. The summed E-state index contributed by atoms with van der Waals surface area (Å²) < 4.78 is 27.1. The molecule has 2 aromatic heterocycles. The lowest BCUT2D eigenvalue weighted by molar-refractivity contribution is -0.133. The lowest BCUT2D eigenvalue weighted by atomic mass is 9.79. The third-order valence-corrected chi connectivity index (χ3v) is 4.42. The maximum Gasteiger partial charge on any atom is 0.284 e.